The minimum atomic E-state index is -0.294. The number of rotatable bonds is 6. The van der Waals surface area contributed by atoms with Crippen molar-refractivity contribution < 1.29 is 14.3 Å². The molecular weight excluding hydrogens is 316 g/mol. The summed E-state index contributed by atoms with van der Waals surface area (Å²) in [5.74, 6) is -0.366. The molecule has 5 heteroatoms. The van der Waals surface area contributed by atoms with Crippen LogP contribution in [0, 0.1) is 0 Å². The van der Waals surface area contributed by atoms with E-state index in [2.05, 4.69) is 18.0 Å². The van der Waals surface area contributed by atoms with Crippen LogP contribution in [0.5, 0.6) is 0 Å². The van der Waals surface area contributed by atoms with E-state index in [1.165, 1.54) is 17.4 Å². The van der Waals surface area contributed by atoms with Crippen LogP contribution in [-0.4, -0.2) is 41.0 Å². The van der Waals surface area contributed by atoms with E-state index in [1.54, 1.807) is 0 Å². The first kappa shape index (κ1) is 17.5. The summed E-state index contributed by atoms with van der Waals surface area (Å²) in [5.41, 5.74) is 2.32. The summed E-state index contributed by atoms with van der Waals surface area (Å²) in [6.45, 7) is 2.70. The molecule has 0 spiro atoms. The van der Waals surface area contributed by atoms with Crippen molar-refractivity contribution in [3.05, 3.63) is 36.0 Å². The van der Waals surface area contributed by atoms with Gasteiger partial charge in [-0.3, -0.25) is 9.59 Å². The molecule has 0 aliphatic carbocycles. The van der Waals surface area contributed by atoms with Crippen LogP contribution in [0.15, 0.2) is 30.5 Å². The molecular formula is C20H26N2O3. The zero-order chi connectivity index (χ0) is 17.6. The third kappa shape index (κ3) is 4.41. The van der Waals surface area contributed by atoms with Crippen LogP contribution in [0.25, 0.3) is 10.9 Å². The van der Waals surface area contributed by atoms with Gasteiger partial charge in [0.25, 0.3) is 5.91 Å². The fourth-order valence-corrected chi connectivity index (χ4v) is 3.53. The van der Waals surface area contributed by atoms with Crippen molar-refractivity contribution in [1.82, 2.24) is 9.88 Å². The molecule has 134 valence electrons. The van der Waals surface area contributed by atoms with Crippen molar-refractivity contribution in [2.45, 2.75) is 51.5 Å². The first-order valence-electron chi connectivity index (χ1n) is 9.15. The van der Waals surface area contributed by atoms with Gasteiger partial charge in [0.15, 0.2) is 6.61 Å². The van der Waals surface area contributed by atoms with E-state index >= 15 is 0 Å². The number of nitrogens with one attached hydrogen (secondary N) is 1. The molecule has 1 N–H and O–H groups in total. The number of aromatic amines is 1. The number of benzene rings is 1. The average molecular weight is 342 g/mol. The number of carbonyl (C=O) groups excluding carboxylic acids is 2. The number of hydrogen-bond acceptors (Lipinski definition) is 3. The highest BCUT2D eigenvalue weighted by Gasteiger charge is 2.23. The standard InChI is InChI=1S/C20H26N2O3/c1-15-7-4-5-12-22(15)19(23)14-25-20(24)11-6-8-16-13-21-18-10-3-2-9-17(16)18/h2-3,9-10,13,15,21H,4-8,11-12,14H2,1H3/t15-/m1/s1. The molecule has 0 saturated carbocycles. The number of fused-ring (bicyclic) bond motifs is 1. The van der Waals surface area contributed by atoms with Gasteiger partial charge in [-0.2, -0.15) is 0 Å². The number of esters is 1. The van der Waals surface area contributed by atoms with Gasteiger partial charge in [-0.05, 0) is 50.7 Å². The monoisotopic (exact) mass is 342 g/mol. The molecule has 25 heavy (non-hydrogen) atoms. The van der Waals surface area contributed by atoms with E-state index in [4.69, 9.17) is 4.74 Å². The Morgan fingerprint density at radius 2 is 2.12 bits per heavy atom. The van der Waals surface area contributed by atoms with E-state index in [-0.39, 0.29) is 24.5 Å². The molecule has 0 unspecified atom stereocenters. The predicted octanol–water partition coefficient (Wildman–Crippen LogP) is 3.43. The summed E-state index contributed by atoms with van der Waals surface area (Å²) in [7, 11) is 0. The first-order valence-corrected chi connectivity index (χ1v) is 9.15. The molecule has 1 aromatic carbocycles. The number of aromatic nitrogens is 1. The SMILES string of the molecule is C[C@@H]1CCCCN1C(=O)COC(=O)CCCc1c[nH]c2ccccc12. The third-order valence-corrected chi connectivity index (χ3v) is 4.98. The Hall–Kier alpha value is -2.30. The smallest absolute Gasteiger partial charge is 0.306 e. The van der Waals surface area contributed by atoms with Crippen LogP contribution >= 0.6 is 0 Å². The number of amides is 1. The first-order chi connectivity index (χ1) is 12.1. The number of carbonyl (C=O) groups is 2. The highest BCUT2D eigenvalue weighted by molar-refractivity contribution is 5.83. The van der Waals surface area contributed by atoms with Crippen molar-refractivity contribution in [1.29, 1.82) is 0 Å². The summed E-state index contributed by atoms with van der Waals surface area (Å²) >= 11 is 0. The molecule has 1 saturated heterocycles. The lowest BCUT2D eigenvalue weighted by molar-refractivity contribution is -0.153. The quantitative estimate of drug-likeness (QED) is 0.818. The maximum atomic E-state index is 12.2. The van der Waals surface area contributed by atoms with Gasteiger partial charge in [0, 0.05) is 36.1 Å². The van der Waals surface area contributed by atoms with Crippen LogP contribution in [0.1, 0.15) is 44.6 Å². The number of likely N-dealkylation sites (tertiary alicyclic amines) is 1. The molecule has 1 fully saturated rings. The Labute approximate surface area is 148 Å². The van der Waals surface area contributed by atoms with E-state index in [1.807, 2.05) is 29.3 Å². The number of piperidine rings is 1. The highest BCUT2D eigenvalue weighted by atomic mass is 16.5. The lowest BCUT2D eigenvalue weighted by Gasteiger charge is -2.33. The molecule has 2 heterocycles. The highest BCUT2D eigenvalue weighted by Crippen LogP contribution is 2.20. The number of aryl methyl sites for hydroxylation is 1. The zero-order valence-corrected chi connectivity index (χ0v) is 14.8. The lowest BCUT2D eigenvalue weighted by atomic mass is 10.0. The molecule has 0 bridgehead atoms. The van der Waals surface area contributed by atoms with E-state index in [9.17, 15) is 9.59 Å². The molecule has 5 nitrogen and oxygen atoms in total. The molecule has 2 aromatic rings. The van der Waals surface area contributed by atoms with Crippen molar-refractivity contribution in [2.24, 2.45) is 0 Å². The third-order valence-electron chi connectivity index (χ3n) is 4.98. The van der Waals surface area contributed by atoms with Gasteiger partial charge in [-0.15, -0.1) is 0 Å². The number of H-pyrrole nitrogens is 1. The molecule has 1 amide bonds. The summed E-state index contributed by atoms with van der Waals surface area (Å²) in [6.07, 6.45) is 7.10. The Kier molecular flexibility index (Phi) is 5.74. The van der Waals surface area contributed by atoms with Gasteiger partial charge in [-0.1, -0.05) is 18.2 Å². The maximum Gasteiger partial charge on any atom is 0.306 e. The molecule has 1 atom stereocenters. The van der Waals surface area contributed by atoms with Gasteiger partial charge < -0.3 is 14.6 Å². The maximum absolute atomic E-state index is 12.2. The Bertz CT molecular complexity index is 737. The lowest BCUT2D eigenvalue weighted by Crippen LogP contribution is -2.44. The number of hydrogen-bond donors (Lipinski definition) is 1. The number of ether oxygens (including phenoxy) is 1. The summed E-state index contributed by atoms with van der Waals surface area (Å²) in [5, 5.41) is 1.20. The van der Waals surface area contributed by atoms with Crippen LogP contribution in [0.3, 0.4) is 0 Å². The van der Waals surface area contributed by atoms with Crippen molar-refractivity contribution in [2.75, 3.05) is 13.2 Å². The van der Waals surface area contributed by atoms with Crippen molar-refractivity contribution in [3.63, 3.8) is 0 Å². The van der Waals surface area contributed by atoms with E-state index in [0.717, 1.165) is 37.7 Å². The fraction of sp³-hybridized carbons (Fsp3) is 0.500. The second kappa shape index (κ2) is 8.19. The normalized spacial score (nSPS) is 17.6. The van der Waals surface area contributed by atoms with Gasteiger partial charge in [0.1, 0.15) is 0 Å². The molecule has 1 aliphatic heterocycles. The van der Waals surface area contributed by atoms with Gasteiger partial charge in [-0.25, -0.2) is 0 Å². The van der Waals surface area contributed by atoms with Gasteiger partial charge >= 0.3 is 5.97 Å². The van der Waals surface area contributed by atoms with Crippen LogP contribution < -0.4 is 0 Å². The summed E-state index contributed by atoms with van der Waals surface area (Å²) in [4.78, 5) is 29.1. The van der Waals surface area contributed by atoms with Crippen LogP contribution in [0.2, 0.25) is 0 Å². The van der Waals surface area contributed by atoms with E-state index in [0.29, 0.717) is 6.42 Å². The molecule has 0 radical (unpaired) electrons. The minimum absolute atomic E-state index is 0.0721. The van der Waals surface area contributed by atoms with Gasteiger partial charge in [0.05, 0.1) is 0 Å². The molecule has 1 aromatic heterocycles. The van der Waals surface area contributed by atoms with Crippen LogP contribution in [0.4, 0.5) is 0 Å². The van der Waals surface area contributed by atoms with Gasteiger partial charge in [0.2, 0.25) is 0 Å². The molecule has 3 rings (SSSR count). The molecule has 1 aliphatic rings. The van der Waals surface area contributed by atoms with Crippen molar-refractivity contribution in [3.8, 4) is 0 Å². The second-order valence-electron chi connectivity index (χ2n) is 6.81. The van der Waals surface area contributed by atoms with E-state index < -0.39 is 0 Å². The second-order valence-corrected chi connectivity index (χ2v) is 6.81. The minimum Gasteiger partial charge on any atom is -0.456 e. The summed E-state index contributed by atoms with van der Waals surface area (Å²) in [6, 6.07) is 8.39. The number of para-hydroxylation sites is 1. The topological polar surface area (TPSA) is 62.4 Å². The van der Waals surface area contributed by atoms with Crippen LogP contribution in [-0.2, 0) is 20.7 Å². The summed E-state index contributed by atoms with van der Waals surface area (Å²) < 4.78 is 5.17. The fourth-order valence-electron chi connectivity index (χ4n) is 3.53. The average Bonchev–Trinajstić information content (AvgIpc) is 3.03. The van der Waals surface area contributed by atoms with Crippen molar-refractivity contribution >= 4 is 22.8 Å². The zero-order valence-electron chi connectivity index (χ0n) is 14.8. The largest absolute Gasteiger partial charge is 0.456 e. The Balaban J connectivity index is 1.40. The Morgan fingerprint density at radius 3 is 2.96 bits per heavy atom. The number of nitrogens with zero attached hydrogens (tertiary/aromatic N) is 1. The predicted molar refractivity (Wildman–Crippen MR) is 97.2 cm³/mol. The Morgan fingerprint density at radius 1 is 1.28 bits per heavy atom.